The summed E-state index contributed by atoms with van der Waals surface area (Å²) in [6.45, 7) is 1.19. The van der Waals surface area contributed by atoms with E-state index < -0.39 is 24.0 Å². The minimum absolute atomic E-state index is 0.000590. The van der Waals surface area contributed by atoms with Crippen molar-refractivity contribution in [2.75, 3.05) is 13.1 Å². The maximum Gasteiger partial charge on any atom is 0.326 e. The number of rotatable bonds is 12. The highest BCUT2D eigenvalue weighted by molar-refractivity contribution is 5.90. The molecule has 2 aromatic rings. The number of benzene rings is 2. The van der Waals surface area contributed by atoms with Gasteiger partial charge >= 0.3 is 5.97 Å². The van der Waals surface area contributed by atoms with Crippen molar-refractivity contribution >= 4 is 23.6 Å². The van der Waals surface area contributed by atoms with Crippen LogP contribution in [0.4, 0.5) is 0 Å². The summed E-state index contributed by atoms with van der Waals surface area (Å²) < 4.78 is 0. The van der Waals surface area contributed by atoms with Crippen LogP contribution in [0.15, 0.2) is 60.7 Å². The predicted octanol–water partition coefficient (Wildman–Crippen LogP) is 2.75. The van der Waals surface area contributed by atoms with Crippen LogP contribution in [0.5, 0.6) is 0 Å². The Morgan fingerprint density at radius 2 is 1.55 bits per heavy atom. The van der Waals surface area contributed by atoms with E-state index in [2.05, 4.69) is 10.6 Å². The van der Waals surface area contributed by atoms with Crippen molar-refractivity contribution in [1.82, 2.24) is 15.5 Å². The number of ketones is 1. The first kappa shape index (κ1) is 27.5. The molecule has 8 heteroatoms. The Kier molecular flexibility index (Phi) is 9.65. The van der Waals surface area contributed by atoms with Gasteiger partial charge in [-0.15, -0.1) is 0 Å². The van der Waals surface area contributed by atoms with Crippen LogP contribution in [-0.2, 0) is 32.0 Å². The van der Waals surface area contributed by atoms with E-state index in [-0.39, 0.29) is 36.5 Å². The molecule has 2 aliphatic rings. The number of amides is 2. The quantitative estimate of drug-likeness (QED) is 0.397. The molecule has 38 heavy (non-hydrogen) atoms. The average molecular weight is 520 g/mol. The van der Waals surface area contributed by atoms with Crippen LogP contribution in [0.3, 0.4) is 0 Å². The standard InChI is InChI=1S/C30H37N3O5/c34-25(20-24(18-22-11-5-2-6-12-22)32-28(35)26-13-7-15-31-26)19-23(17-21-9-3-1-4-10-21)29(36)33-16-8-14-27(33)30(37)38/h1-6,9-12,23-24,26-27,31H,7-8,13-20H2,(H,32,35)(H,37,38)/t23-,24+,26+,27+/m0/s1. The van der Waals surface area contributed by atoms with Gasteiger partial charge in [-0.2, -0.15) is 0 Å². The van der Waals surface area contributed by atoms with Crippen molar-refractivity contribution in [3.63, 3.8) is 0 Å². The Labute approximate surface area is 223 Å². The molecule has 0 unspecified atom stereocenters. The fraction of sp³-hybridized carbons (Fsp3) is 0.467. The first-order valence-electron chi connectivity index (χ1n) is 13.6. The van der Waals surface area contributed by atoms with Crippen LogP contribution in [-0.4, -0.2) is 64.8 Å². The lowest BCUT2D eigenvalue weighted by Gasteiger charge is -2.27. The Balaban J connectivity index is 1.48. The van der Waals surface area contributed by atoms with Crippen molar-refractivity contribution in [3.05, 3.63) is 71.8 Å². The third-order valence-electron chi connectivity index (χ3n) is 7.49. The number of aliphatic carboxylic acids is 1. The molecule has 8 nitrogen and oxygen atoms in total. The van der Waals surface area contributed by atoms with Crippen LogP contribution in [0.1, 0.15) is 49.7 Å². The van der Waals surface area contributed by atoms with Crippen molar-refractivity contribution < 1.29 is 24.3 Å². The van der Waals surface area contributed by atoms with E-state index >= 15 is 0 Å². The zero-order valence-electron chi connectivity index (χ0n) is 21.7. The molecule has 2 aromatic carbocycles. The third-order valence-corrected chi connectivity index (χ3v) is 7.49. The lowest BCUT2D eigenvalue weighted by molar-refractivity contribution is -0.150. The molecule has 202 valence electrons. The highest BCUT2D eigenvalue weighted by Gasteiger charge is 2.38. The maximum absolute atomic E-state index is 13.6. The molecular formula is C30H37N3O5. The zero-order valence-corrected chi connectivity index (χ0v) is 21.7. The third kappa shape index (κ3) is 7.51. The molecule has 2 aliphatic heterocycles. The lowest BCUT2D eigenvalue weighted by atomic mass is 9.90. The van der Waals surface area contributed by atoms with Crippen LogP contribution in [0.2, 0.25) is 0 Å². The van der Waals surface area contributed by atoms with Gasteiger partial charge in [-0.3, -0.25) is 14.4 Å². The minimum Gasteiger partial charge on any atom is -0.480 e. The largest absolute Gasteiger partial charge is 0.480 e. The highest BCUT2D eigenvalue weighted by Crippen LogP contribution is 2.24. The summed E-state index contributed by atoms with van der Waals surface area (Å²) in [5.41, 5.74) is 1.94. The van der Waals surface area contributed by atoms with Crippen LogP contribution >= 0.6 is 0 Å². The summed E-state index contributed by atoms with van der Waals surface area (Å²) in [5, 5.41) is 15.9. The molecule has 2 fully saturated rings. The van der Waals surface area contributed by atoms with Gasteiger partial charge in [-0.05, 0) is 56.2 Å². The fourth-order valence-electron chi connectivity index (χ4n) is 5.58. The van der Waals surface area contributed by atoms with Gasteiger partial charge in [-0.25, -0.2) is 4.79 Å². The van der Waals surface area contributed by atoms with Crippen LogP contribution < -0.4 is 10.6 Å². The first-order chi connectivity index (χ1) is 18.4. The monoisotopic (exact) mass is 519 g/mol. The average Bonchev–Trinajstić information content (AvgIpc) is 3.62. The Morgan fingerprint density at radius 3 is 2.16 bits per heavy atom. The van der Waals surface area contributed by atoms with Gasteiger partial charge in [0.1, 0.15) is 11.8 Å². The van der Waals surface area contributed by atoms with Crippen molar-refractivity contribution in [1.29, 1.82) is 0 Å². The van der Waals surface area contributed by atoms with Gasteiger partial charge < -0.3 is 20.6 Å². The van der Waals surface area contributed by atoms with Gasteiger partial charge in [-0.1, -0.05) is 60.7 Å². The number of Topliss-reactive ketones (excluding diaryl/α,β-unsaturated/α-hetero) is 1. The molecular weight excluding hydrogens is 482 g/mol. The summed E-state index contributed by atoms with van der Waals surface area (Å²) in [4.78, 5) is 53.0. The Morgan fingerprint density at radius 1 is 0.895 bits per heavy atom. The summed E-state index contributed by atoms with van der Waals surface area (Å²) in [6, 6.07) is 17.7. The Hall–Kier alpha value is -3.52. The molecule has 0 bridgehead atoms. The van der Waals surface area contributed by atoms with Crippen LogP contribution in [0, 0.1) is 5.92 Å². The number of carboxylic acids is 1. The van der Waals surface area contributed by atoms with E-state index in [1.807, 2.05) is 60.7 Å². The molecule has 2 heterocycles. The van der Waals surface area contributed by atoms with E-state index in [9.17, 15) is 24.3 Å². The van der Waals surface area contributed by atoms with Gasteiger partial charge in [0.05, 0.1) is 6.04 Å². The molecule has 0 spiro atoms. The summed E-state index contributed by atoms with van der Waals surface area (Å²) >= 11 is 0. The predicted molar refractivity (Wildman–Crippen MR) is 143 cm³/mol. The topological polar surface area (TPSA) is 116 Å². The SMILES string of the molecule is O=C(C[C@@H](Cc1ccccc1)NC(=O)[C@H]1CCCN1)C[C@H](Cc1ccccc1)C(=O)N1CCC[C@@H]1C(=O)O. The zero-order chi connectivity index (χ0) is 26.9. The molecule has 2 amide bonds. The van der Waals surface area contributed by atoms with E-state index in [0.717, 1.165) is 30.5 Å². The number of likely N-dealkylation sites (tertiary alicyclic amines) is 1. The molecule has 0 aliphatic carbocycles. The smallest absolute Gasteiger partial charge is 0.326 e. The van der Waals surface area contributed by atoms with Crippen LogP contribution in [0.25, 0.3) is 0 Å². The van der Waals surface area contributed by atoms with Gasteiger partial charge in [0.15, 0.2) is 0 Å². The lowest BCUT2D eigenvalue weighted by Crippen LogP contribution is -2.47. The second kappa shape index (κ2) is 13.3. The van der Waals surface area contributed by atoms with E-state index in [1.54, 1.807) is 0 Å². The molecule has 2 saturated heterocycles. The van der Waals surface area contributed by atoms with Gasteiger partial charge in [0.2, 0.25) is 11.8 Å². The summed E-state index contributed by atoms with van der Waals surface area (Å²) in [6.07, 6.45) is 3.74. The summed E-state index contributed by atoms with van der Waals surface area (Å²) in [5.74, 6) is -2.17. The molecule has 0 radical (unpaired) electrons. The number of nitrogens with zero attached hydrogens (tertiary/aromatic N) is 1. The number of nitrogens with one attached hydrogen (secondary N) is 2. The molecule has 0 saturated carbocycles. The summed E-state index contributed by atoms with van der Waals surface area (Å²) in [7, 11) is 0. The first-order valence-corrected chi connectivity index (χ1v) is 13.6. The molecule has 0 aromatic heterocycles. The molecule has 4 rings (SSSR count). The molecule has 3 N–H and O–H groups in total. The number of hydrogen-bond acceptors (Lipinski definition) is 5. The van der Waals surface area contributed by atoms with E-state index in [0.29, 0.717) is 32.2 Å². The van der Waals surface area contributed by atoms with Crippen molar-refractivity contribution in [2.24, 2.45) is 5.92 Å². The van der Waals surface area contributed by atoms with E-state index in [4.69, 9.17) is 0 Å². The minimum atomic E-state index is -1.01. The number of carbonyl (C=O) groups excluding carboxylic acids is 3. The fourth-order valence-corrected chi connectivity index (χ4v) is 5.58. The van der Waals surface area contributed by atoms with Crippen molar-refractivity contribution in [2.45, 2.75) is 69.5 Å². The van der Waals surface area contributed by atoms with Crippen molar-refractivity contribution in [3.8, 4) is 0 Å². The second-order valence-electron chi connectivity index (χ2n) is 10.4. The number of hydrogen-bond donors (Lipinski definition) is 3. The number of carbonyl (C=O) groups is 4. The normalized spacial score (nSPS) is 20.6. The van der Waals surface area contributed by atoms with E-state index in [1.165, 1.54) is 4.90 Å². The molecule has 4 atom stereocenters. The Bertz CT molecular complexity index is 1100. The number of carboxylic acid groups (broad SMARTS) is 1. The highest BCUT2D eigenvalue weighted by atomic mass is 16.4. The van der Waals surface area contributed by atoms with Gasteiger partial charge in [0.25, 0.3) is 0 Å². The second-order valence-corrected chi connectivity index (χ2v) is 10.4. The van der Waals surface area contributed by atoms with Gasteiger partial charge in [0, 0.05) is 31.3 Å². The maximum atomic E-state index is 13.6.